The van der Waals surface area contributed by atoms with Crippen molar-refractivity contribution >= 4 is 23.3 Å². The van der Waals surface area contributed by atoms with Crippen molar-refractivity contribution in [3.63, 3.8) is 0 Å². The molecule has 1 heterocycles. The molecule has 1 unspecified atom stereocenters. The van der Waals surface area contributed by atoms with Crippen molar-refractivity contribution in [2.75, 3.05) is 20.2 Å². The van der Waals surface area contributed by atoms with Crippen LogP contribution in [0.2, 0.25) is 0 Å². The summed E-state index contributed by atoms with van der Waals surface area (Å²) >= 11 is 5.19. The van der Waals surface area contributed by atoms with E-state index in [1.807, 2.05) is 35.2 Å². The van der Waals surface area contributed by atoms with Crippen LogP contribution in [0.4, 0.5) is 0 Å². The molecule has 2 rings (SSSR count). The summed E-state index contributed by atoms with van der Waals surface area (Å²) in [6.45, 7) is 0.892. The normalized spacial score (nSPS) is 19.0. The molecule has 0 aromatic heterocycles. The van der Waals surface area contributed by atoms with Crippen LogP contribution >= 0.6 is 12.2 Å². The summed E-state index contributed by atoms with van der Waals surface area (Å²) in [5.41, 5.74) is 1.17. The Morgan fingerprint density at radius 3 is 2.94 bits per heavy atom. The number of benzene rings is 1. The summed E-state index contributed by atoms with van der Waals surface area (Å²) in [6.07, 6.45) is 0. The second kappa shape index (κ2) is 5.14. The van der Waals surface area contributed by atoms with Gasteiger partial charge in [-0.2, -0.15) is 0 Å². The van der Waals surface area contributed by atoms with E-state index in [-0.39, 0.29) is 18.6 Å². The zero-order valence-electron chi connectivity index (χ0n) is 9.55. The number of carbonyl (C=O) groups is 1. The first-order chi connectivity index (χ1) is 8.20. The lowest BCUT2D eigenvalue weighted by Crippen LogP contribution is -2.33. The molecule has 1 fully saturated rings. The lowest BCUT2D eigenvalue weighted by atomic mass is 10.1. The van der Waals surface area contributed by atoms with Gasteiger partial charge in [0.15, 0.2) is 5.11 Å². The van der Waals surface area contributed by atoms with Crippen LogP contribution in [0.5, 0.6) is 0 Å². The zero-order chi connectivity index (χ0) is 12.3. The predicted octanol–water partition coefficient (Wildman–Crippen LogP) is 1.09. The topological polar surface area (TPSA) is 41.6 Å². The van der Waals surface area contributed by atoms with Gasteiger partial charge in [0.25, 0.3) is 0 Å². The van der Waals surface area contributed by atoms with Crippen molar-refractivity contribution in [1.82, 2.24) is 10.2 Å². The zero-order valence-corrected chi connectivity index (χ0v) is 10.4. The van der Waals surface area contributed by atoms with Crippen LogP contribution in [0.15, 0.2) is 30.3 Å². The third kappa shape index (κ3) is 2.74. The highest BCUT2D eigenvalue weighted by Gasteiger charge is 2.28. The highest BCUT2D eigenvalue weighted by atomic mass is 32.1. The van der Waals surface area contributed by atoms with E-state index in [0.29, 0.717) is 11.7 Å². The molecule has 4 nitrogen and oxygen atoms in total. The maximum absolute atomic E-state index is 11.2. The molecule has 1 aromatic carbocycles. The maximum atomic E-state index is 11.2. The summed E-state index contributed by atoms with van der Waals surface area (Å²) in [5.74, 6) is -0.275. The molecule has 1 atom stereocenters. The Bertz CT molecular complexity index is 422. The number of esters is 1. The third-order valence-electron chi connectivity index (χ3n) is 2.74. The molecule has 1 saturated heterocycles. The fourth-order valence-electron chi connectivity index (χ4n) is 1.82. The van der Waals surface area contributed by atoms with E-state index in [9.17, 15) is 4.79 Å². The first kappa shape index (κ1) is 11.9. The van der Waals surface area contributed by atoms with Gasteiger partial charge in [0.1, 0.15) is 6.54 Å². The van der Waals surface area contributed by atoms with E-state index in [4.69, 9.17) is 12.2 Å². The largest absolute Gasteiger partial charge is 0.468 e. The average Bonchev–Trinajstić information content (AvgIpc) is 2.72. The van der Waals surface area contributed by atoms with Crippen LogP contribution in [0.3, 0.4) is 0 Å². The van der Waals surface area contributed by atoms with E-state index >= 15 is 0 Å². The summed E-state index contributed by atoms with van der Waals surface area (Å²) in [5, 5.41) is 3.80. The standard InChI is InChI=1S/C12H14N2O2S/c1-16-11(15)8-14-7-10(13-12(14)17)9-5-3-2-4-6-9/h2-6,10H,7-8H2,1H3,(H,13,17)/i12+2. The van der Waals surface area contributed by atoms with E-state index in [0.717, 1.165) is 0 Å². The van der Waals surface area contributed by atoms with Crippen molar-refractivity contribution in [2.24, 2.45) is 0 Å². The number of rotatable bonds is 3. The van der Waals surface area contributed by atoms with Crippen LogP contribution in [0, 0.1) is 0 Å². The van der Waals surface area contributed by atoms with Gasteiger partial charge in [-0.05, 0) is 17.8 Å². The molecule has 90 valence electrons. The Morgan fingerprint density at radius 2 is 2.29 bits per heavy atom. The monoisotopic (exact) mass is 252 g/mol. The minimum atomic E-state index is -0.275. The van der Waals surface area contributed by atoms with Crippen molar-refractivity contribution in [1.29, 1.82) is 0 Å². The highest BCUT2D eigenvalue weighted by molar-refractivity contribution is 7.80. The summed E-state index contributed by atoms with van der Waals surface area (Å²) < 4.78 is 4.63. The molecule has 0 radical (unpaired) electrons. The van der Waals surface area contributed by atoms with Crippen LogP contribution in [0.25, 0.3) is 0 Å². The van der Waals surface area contributed by atoms with Crippen LogP contribution < -0.4 is 5.32 Å². The van der Waals surface area contributed by atoms with Crippen molar-refractivity contribution < 1.29 is 9.53 Å². The van der Waals surface area contributed by atoms with Gasteiger partial charge in [-0.1, -0.05) is 30.3 Å². The van der Waals surface area contributed by atoms with Crippen LogP contribution in [-0.2, 0) is 9.53 Å². The second-order valence-electron chi connectivity index (χ2n) is 3.87. The van der Waals surface area contributed by atoms with Crippen molar-refractivity contribution in [3.8, 4) is 0 Å². The first-order valence-corrected chi connectivity index (χ1v) is 5.78. The Labute approximate surface area is 106 Å². The summed E-state index contributed by atoms with van der Waals surface area (Å²) in [7, 11) is 1.38. The average molecular weight is 252 g/mol. The summed E-state index contributed by atoms with van der Waals surface area (Å²) in [4.78, 5) is 13.0. The lowest BCUT2D eigenvalue weighted by Gasteiger charge is -2.14. The number of nitrogens with one attached hydrogen (secondary N) is 1. The quantitative estimate of drug-likeness (QED) is 0.644. The van der Waals surface area contributed by atoms with Gasteiger partial charge in [-0.25, -0.2) is 0 Å². The third-order valence-corrected chi connectivity index (χ3v) is 3.11. The van der Waals surface area contributed by atoms with E-state index < -0.39 is 0 Å². The lowest BCUT2D eigenvalue weighted by molar-refractivity contribution is -0.140. The summed E-state index contributed by atoms with van der Waals surface area (Å²) in [6, 6.07) is 10.2. The number of hydrogen-bond acceptors (Lipinski definition) is 3. The molecule has 1 aliphatic rings. The van der Waals surface area contributed by atoms with Gasteiger partial charge in [-0.15, -0.1) is 0 Å². The SMILES string of the molecule is COC(=O)CN1CC(c2ccccc2)N[14C]1=S. The molecule has 0 spiro atoms. The maximum Gasteiger partial charge on any atom is 0.325 e. The highest BCUT2D eigenvalue weighted by Crippen LogP contribution is 2.19. The predicted molar refractivity (Wildman–Crippen MR) is 68.5 cm³/mol. The van der Waals surface area contributed by atoms with E-state index in [1.54, 1.807) is 0 Å². The van der Waals surface area contributed by atoms with Gasteiger partial charge >= 0.3 is 5.97 Å². The molecule has 1 aromatic rings. The number of thiocarbonyl (C=S) groups is 1. The number of methoxy groups -OCH3 is 1. The molecular formula is C12H14N2O2S. The molecular weight excluding hydrogens is 238 g/mol. The fraction of sp³-hybridized carbons (Fsp3) is 0.333. The molecule has 1 aliphatic heterocycles. The minimum absolute atomic E-state index is 0.147. The Balaban J connectivity index is 2.02. The second-order valence-corrected chi connectivity index (χ2v) is 4.26. The Kier molecular flexibility index (Phi) is 3.58. The molecule has 0 bridgehead atoms. The van der Waals surface area contributed by atoms with Gasteiger partial charge in [0.2, 0.25) is 0 Å². The van der Waals surface area contributed by atoms with E-state index in [1.165, 1.54) is 12.7 Å². The number of hydrogen-bond donors (Lipinski definition) is 1. The molecule has 1 N–H and O–H groups in total. The minimum Gasteiger partial charge on any atom is -0.468 e. The smallest absolute Gasteiger partial charge is 0.325 e. The van der Waals surface area contributed by atoms with E-state index in [2.05, 4.69) is 10.1 Å². The van der Waals surface area contributed by atoms with Gasteiger partial charge in [0.05, 0.1) is 13.2 Å². The van der Waals surface area contributed by atoms with Crippen molar-refractivity contribution in [3.05, 3.63) is 35.9 Å². The van der Waals surface area contributed by atoms with Gasteiger partial charge in [-0.3, -0.25) is 4.79 Å². The van der Waals surface area contributed by atoms with Gasteiger partial charge < -0.3 is 15.0 Å². The fourth-order valence-corrected chi connectivity index (χ4v) is 2.10. The molecule has 0 saturated carbocycles. The molecule has 5 heteroatoms. The number of ether oxygens (including phenoxy) is 1. The van der Waals surface area contributed by atoms with Gasteiger partial charge in [0, 0.05) is 6.54 Å². The molecule has 17 heavy (non-hydrogen) atoms. The first-order valence-electron chi connectivity index (χ1n) is 5.38. The van der Waals surface area contributed by atoms with Crippen LogP contribution in [0.1, 0.15) is 11.6 Å². The number of nitrogens with zero attached hydrogens (tertiary/aromatic N) is 1. The Morgan fingerprint density at radius 1 is 1.59 bits per heavy atom. The van der Waals surface area contributed by atoms with Crippen molar-refractivity contribution in [2.45, 2.75) is 6.04 Å². The molecule has 0 amide bonds. The Hall–Kier alpha value is -1.62. The molecule has 0 aliphatic carbocycles. The van der Waals surface area contributed by atoms with Crippen LogP contribution in [-0.4, -0.2) is 36.2 Å². The number of carbonyl (C=O) groups excluding carboxylic acids is 1.